The number of terminal acetylenes is 1. The Bertz CT molecular complexity index is 904. The van der Waals surface area contributed by atoms with Gasteiger partial charge in [0.25, 0.3) is 5.91 Å². The Balaban J connectivity index is 1.99. The topological polar surface area (TPSA) is 149 Å². The molecule has 0 spiro atoms. The number of carbonyl (C=O) groups excluding carboxylic acids is 3. The van der Waals surface area contributed by atoms with Crippen LogP contribution >= 0.6 is 35.3 Å². The standard InChI is InChI=1S/C17H16N4O6S3/c1-3-4-28-17(19-8-18)30-7-11(23)20-12-14(24)21-13(16(25)26)10(5-27-9(2)22)6-29-15(12)21/h1,12,15H,4-7H2,2H3,(H,20,23)(H,25,26)/t12-,15-/m1/s1. The van der Waals surface area contributed by atoms with Crippen LogP contribution in [-0.4, -0.2) is 73.4 Å². The molecule has 0 aromatic heterocycles. The van der Waals surface area contributed by atoms with Crippen molar-refractivity contribution in [3.05, 3.63) is 11.3 Å². The summed E-state index contributed by atoms with van der Waals surface area (Å²) >= 11 is 3.43. The smallest absolute Gasteiger partial charge is 0.352 e. The number of fused-ring (bicyclic) bond motifs is 1. The van der Waals surface area contributed by atoms with E-state index in [4.69, 9.17) is 16.4 Å². The Morgan fingerprint density at radius 1 is 1.47 bits per heavy atom. The lowest BCUT2D eigenvalue weighted by Gasteiger charge is -2.49. The highest BCUT2D eigenvalue weighted by Gasteiger charge is 2.54. The second kappa shape index (κ2) is 11.0. The number of aliphatic carboxylic acids is 1. The van der Waals surface area contributed by atoms with Gasteiger partial charge in [0.1, 0.15) is 28.1 Å². The van der Waals surface area contributed by atoms with Crippen molar-refractivity contribution < 1.29 is 29.0 Å². The van der Waals surface area contributed by atoms with Gasteiger partial charge >= 0.3 is 11.9 Å². The maximum Gasteiger partial charge on any atom is 0.352 e. The molecule has 30 heavy (non-hydrogen) atoms. The summed E-state index contributed by atoms with van der Waals surface area (Å²) in [6, 6.07) is -0.873. The van der Waals surface area contributed by atoms with Gasteiger partial charge < -0.3 is 15.2 Å². The van der Waals surface area contributed by atoms with Crippen LogP contribution in [0, 0.1) is 23.8 Å². The third kappa shape index (κ3) is 5.72. The molecule has 0 unspecified atom stereocenters. The van der Waals surface area contributed by atoms with Crippen LogP contribution in [0.3, 0.4) is 0 Å². The molecule has 0 bridgehead atoms. The highest BCUT2D eigenvalue weighted by Crippen LogP contribution is 2.40. The van der Waals surface area contributed by atoms with Crippen molar-refractivity contribution in [1.29, 1.82) is 5.26 Å². The van der Waals surface area contributed by atoms with Gasteiger partial charge in [-0.25, -0.2) is 4.79 Å². The third-order valence-electron chi connectivity index (χ3n) is 3.76. The number of amides is 2. The zero-order chi connectivity index (χ0) is 22.3. The number of ether oxygens (including phenoxy) is 1. The van der Waals surface area contributed by atoms with Crippen LogP contribution in [0.25, 0.3) is 0 Å². The Labute approximate surface area is 184 Å². The highest BCUT2D eigenvalue weighted by molar-refractivity contribution is 8.39. The summed E-state index contributed by atoms with van der Waals surface area (Å²) in [5.41, 5.74) is 0.0922. The molecule has 0 aliphatic carbocycles. The molecule has 2 N–H and O–H groups in total. The molecule has 2 atom stereocenters. The molecule has 0 saturated carbocycles. The van der Waals surface area contributed by atoms with Crippen LogP contribution in [-0.2, 0) is 23.9 Å². The molecule has 2 heterocycles. The van der Waals surface area contributed by atoms with E-state index in [0.717, 1.165) is 28.4 Å². The Hall–Kier alpha value is -2.61. The summed E-state index contributed by atoms with van der Waals surface area (Å²) in [5, 5.41) is 20.2. The quantitative estimate of drug-likeness (QED) is 0.133. The van der Waals surface area contributed by atoms with Crippen LogP contribution in [0.5, 0.6) is 0 Å². The van der Waals surface area contributed by atoms with E-state index in [1.54, 1.807) is 6.19 Å². The van der Waals surface area contributed by atoms with Crippen LogP contribution in [0.15, 0.2) is 16.3 Å². The van der Waals surface area contributed by atoms with Crippen molar-refractivity contribution in [3.8, 4) is 18.5 Å². The van der Waals surface area contributed by atoms with Gasteiger partial charge in [0.05, 0.1) is 11.5 Å². The minimum Gasteiger partial charge on any atom is -0.477 e. The van der Waals surface area contributed by atoms with Gasteiger partial charge in [-0.05, 0) is 0 Å². The lowest BCUT2D eigenvalue weighted by atomic mass is 10.0. The summed E-state index contributed by atoms with van der Waals surface area (Å²) in [5.74, 6) is -0.0429. The van der Waals surface area contributed by atoms with Crippen LogP contribution in [0.1, 0.15) is 6.92 Å². The molecular weight excluding hydrogens is 452 g/mol. The zero-order valence-electron chi connectivity index (χ0n) is 15.6. The number of esters is 1. The Morgan fingerprint density at radius 3 is 2.80 bits per heavy atom. The van der Waals surface area contributed by atoms with E-state index < -0.39 is 35.2 Å². The lowest BCUT2D eigenvalue weighted by molar-refractivity contribution is -0.150. The summed E-state index contributed by atoms with van der Waals surface area (Å²) in [6.07, 6.45) is 6.80. The van der Waals surface area contributed by atoms with E-state index in [0.29, 0.717) is 15.7 Å². The van der Waals surface area contributed by atoms with E-state index in [9.17, 15) is 24.3 Å². The van der Waals surface area contributed by atoms with Gasteiger partial charge in [-0.2, -0.15) is 10.3 Å². The van der Waals surface area contributed by atoms with Crippen molar-refractivity contribution in [2.75, 3.05) is 23.9 Å². The van der Waals surface area contributed by atoms with Crippen molar-refractivity contribution >= 4 is 63.4 Å². The van der Waals surface area contributed by atoms with Crippen LogP contribution in [0.4, 0.5) is 0 Å². The number of hydrogen-bond donors (Lipinski definition) is 2. The van der Waals surface area contributed by atoms with E-state index in [-0.39, 0.29) is 23.8 Å². The second-order valence-electron chi connectivity index (χ2n) is 5.75. The number of aliphatic imine (C=N–C) groups is 1. The second-order valence-corrected chi connectivity index (χ2v) is 9.04. The molecule has 2 rings (SSSR count). The molecular formula is C17H16N4O6S3. The van der Waals surface area contributed by atoms with Gasteiger partial charge in [-0.3, -0.25) is 19.3 Å². The number of rotatable bonds is 7. The fourth-order valence-electron chi connectivity index (χ4n) is 2.58. The molecule has 10 nitrogen and oxygen atoms in total. The number of thioether (sulfide) groups is 3. The van der Waals surface area contributed by atoms with E-state index in [2.05, 4.69) is 16.2 Å². The summed E-state index contributed by atoms with van der Waals surface area (Å²) in [4.78, 5) is 52.1. The molecule has 0 radical (unpaired) electrons. The number of β-lactam (4-membered cyclic amide) rings is 1. The Morgan fingerprint density at radius 2 is 2.20 bits per heavy atom. The minimum atomic E-state index is -1.31. The van der Waals surface area contributed by atoms with E-state index in [1.165, 1.54) is 18.7 Å². The Kier molecular flexibility index (Phi) is 8.65. The van der Waals surface area contributed by atoms with Gasteiger partial charge in [-0.15, -0.1) is 18.2 Å². The van der Waals surface area contributed by atoms with Gasteiger partial charge in [0, 0.05) is 18.2 Å². The first-order valence-corrected chi connectivity index (χ1v) is 11.3. The average molecular weight is 469 g/mol. The number of nitrogens with one attached hydrogen (secondary N) is 1. The fourth-order valence-corrected chi connectivity index (χ4v) is 5.35. The molecule has 1 saturated heterocycles. The highest BCUT2D eigenvalue weighted by atomic mass is 32.2. The molecule has 2 aliphatic heterocycles. The minimum absolute atomic E-state index is 0.0847. The van der Waals surface area contributed by atoms with Crippen molar-refractivity contribution in [2.24, 2.45) is 4.99 Å². The third-order valence-corrected chi connectivity index (χ3v) is 7.20. The van der Waals surface area contributed by atoms with Crippen LogP contribution in [0.2, 0.25) is 0 Å². The van der Waals surface area contributed by atoms with Crippen molar-refractivity contribution in [2.45, 2.75) is 18.3 Å². The molecule has 0 aromatic carbocycles. The average Bonchev–Trinajstić information content (AvgIpc) is 2.71. The maximum absolute atomic E-state index is 12.5. The predicted molar refractivity (Wildman–Crippen MR) is 113 cm³/mol. The first kappa shape index (κ1) is 23.7. The summed E-state index contributed by atoms with van der Waals surface area (Å²) in [7, 11) is 0. The molecule has 1 fully saturated rings. The fraction of sp³-hybridized carbons (Fsp3) is 0.412. The summed E-state index contributed by atoms with van der Waals surface area (Å²) in [6.45, 7) is 0.986. The first-order valence-electron chi connectivity index (χ1n) is 8.28. The maximum atomic E-state index is 12.5. The number of nitrogens with zero attached hydrogens (tertiary/aromatic N) is 3. The van der Waals surface area contributed by atoms with Crippen molar-refractivity contribution in [3.63, 3.8) is 0 Å². The predicted octanol–water partition coefficient (Wildman–Crippen LogP) is 0.225. The lowest BCUT2D eigenvalue weighted by Crippen LogP contribution is -2.70. The molecule has 158 valence electrons. The van der Waals surface area contributed by atoms with Gasteiger partial charge in [-0.1, -0.05) is 29.4 Å². The van der Waals surface area contributed by atoms with E-state index >= 15 is 0 Å². The molecule has 2 amide bonds. The van der Waals surface area contributed by atoms with Crippen LogP contribution < -0.4 is 5.32 Å². The monoisotopic (exact) mass is 468 g/mol. The molecule has 13 heteroatoms. The number of carbonyl (C=O) groups is 4. The number of hydrogen-bond acceptors (Lipinski definition) is 10. The zero-order valence-corrected chi connectivity index (χ0v) is 18.1. The number of carboxylic acids is 1. The van der Waals surface area contributed by atoms with Gasteiger partial charge in [0.15, 0.2) is 0 Å². The SMILES string of the molecule is C#CCSC(=NC#N)SCC(=O)N[C@@H]1C(=O)N2C(C(=O)O)=C(COC(C)=O)CS[C@H]12. The first-order chi connectivity index (χ1) is 14.3. The number of carboxylic acid groups (broad SMARTS) is 1. The van der Waals surface area contributed by atoms with Crippen molar-refractivity contribution in [1.82, 2.24) is 10.2 Å². The normalized spacial score (nSPS) is 20.4. The largest absolute Gasteiger partial charge is 0.477 e. The van der Waals surface area contributed by atoms with Gasteiger partial charge in [0.2, 0.25) is 12.1 Å². The van der Waals surface area contributed by atoms with E-state index in [1.807, 2.05) is 0 Å². The molecule has 2 aliphatic rings. The molecule has 0 aromatic rings. The summed E-state index contributed by atoms with van der Waals surface area (Å²) < 4.78 is 5.20. The number of nitriles is 1.